The number of halogens is 1. The van der Waals surface area contributed by atoms with E-state index in [1.165, 1.54) is 0 Å². The van der Waals surface area contributed by atoms with Gasteiger partial charge in [0, 0.05) is 2.74 Å². The van der Waals surface area contributed by atoms with Crippen LogP contribution in [0.2, 0.25) is 0 Å². The predicted molar refractivity (Wildman–Crippen MR) is 47.4 cm³/mol. The highest BCUT2D eigenvalue weighted by molar-refractivity contribution is 5.73. The van der Waals surface area contributed by atoms with Crippen molar-refractivity contribution in [3.05, 3.63) is 29.6 Å². The van der Waals surface area contributed by atoms with Gasteiger partial charge in [-0.1, -0.05) is 6.07 Å². The lowest BCUT2D eigenvalue weighted by molar-refractivity contribution is -0.138. The lowest BCUT2D eigenvalue weighted by Gasteiger charge is -2.06. The second-order valence-electron chi connectivity index (χ2n) is 2.63. The van der Waals surface area contributed by atoms with E-state index in [1.54, 1.807) is 0 Å². The molecule has 4 nitrogen and oxygen atoms in total. The van der Waals surface area contributed by atoms with Crippen molar-refractivity contribution >= 4 is 5.97 Å². The molecule has 0 saturated carbocycles. The fraction of sp³-hybridized carbons (Fsp3) is 0.222. The molecule has 4 N–H and O–H groups in total. The summed E-state index contributed by atoms with van der Waals surface area (Å²) in [5, 5.41) is 17.5. The van der Waals surface area contributed by atoms with Crippen molar-refractivity contribution < 1.29 is 22.1 Å². The Morgan fingerprint density at radius 3 is 2.86 bits per heavy atom. The van der Waals surface area contributed by atoms with E-state index >= 15 is 0 Å². The molecule has 76 valence electrons. The van der Waals surface area contributed by atoms with Crippen LogP contribution in [0.1, 0.15) is 8.30 Å². The van der Waals surface area contributed by atoms with Gasteiger partial charge in [0.15, 0.2) is 11.6 Å². The van der Waals surface area contributed by atoms with E-state index in [1.807, 2.05) is 0 Å². The maximum absolute atomic E-state index is 13.0. The SMILES string of the molecule is [2H]C([2H])(c1ccc(O)c(F)c1)[C@H](N)C(=O)O. The molecular formula is C9H10FNO3. The van der Waals surface area contributed by atoms with Gasteiger partial charge < -0.3 is 15.9 Å². The zero-order valence-corrected chi connectivity index (χ0v) is 7.07. The third-order valence-electron chi connectivity index (χ3n) is 1.54. The molecule has 1 aromatic carbocycles. The minimum Gasteiger partial charge on any atom is -0.505 e. The zero-order valence-electron chi connectivity index (χ0n) is 9.07. The van der Waals surface area contributed by atoms with Crippen LogP contribution >= 0.6 is 0 Å². The maximum atomic E-state index is 13.0. The number of hydrogen-bond acceptors (Lipinski definition) is 3. The molecule has 0 radical (unpaired) electrons. The summed E-state index contributed by atoms with van der Waals surface area (Å²) in [4.78, 5) is 10.6. The molecular weight excluding hydrogens is 189 g/mol. The van der Waals surface area contributed by atoms with E-state index in [2.05, 4.69) is 0 Å². The average molecular weight is 201 g/mol. The average Bonchev–Trinajstić information content (AvgIpc) is 2.20. The number of carboxylic acid groups (broad SMARTS) is 1. The first-order valence-corrected chi connectivity index (χ1v) is 3.74. The first kappa shape index (κ1) is 7.75. The summed E-state index contributed by atoms with van der Waals surface area (Å²) in [6, 6.07) is 0.938. The number of aliphatic carboxylic acids is 1. The van der Waals surface area contributed by atoms with Crippen molar-refractivity contribution in [2.75, 3.05) is 0 Å². The Labute approximate surface area is 82.6 Å². The molecule has 0 aromatic heterocycles. The highest BCUT2D eigenvalue weighted by Gasteiger charge is 2.12. The Morgan fingerprint density at radius 1 is 1.71 bits per heavy atom. The van der Waals surface area contributed by atoms with E-state index in [4.69, 9.17) is 18.7 Å². The van der Waals surface area contributed by atoms with Crippen LogP contribution in [0, 0.1) is 5.82 Å². The second kappa shape index (κ2) is 4.06. The third kappa shape index (κ3) is 2.43. The Kier molecular flexibility index (Phi) is 2.25. The number of nitrogens with two attached hydrogens (primary N) is 1. The first-order chi connectivity index (χ1) is 7.26. The van der Waals surface area contributed by atoms with E-state index in [-0.39, 0.29) is 5.56 Å². The van der Waals surface area contributed by atoms with Crippen LogP contribution in [-0.2, 0) is 11.2 Å². The zero-order chi connectivity index (χ0) is 12.5. The van der Waals surface area contributed by atoms with Gasteiger partial charge in [-0.3, -0.25) is 4.79 Å². The standard InChI is InChI=1S/C9H10FNO3/c10-6-3-5(1-2-8(6)12)4-7(11)9(13)14/h1-3,7,12H,4,11H2,(H,13,14)/t7-/m0/s1/i4D2. The van der Waals surface area contributed by atoms with Gasteiger partial charge in [0.2, 0.25) is 0 Å². The Balaban J connectivity index is 3.16. The van der Waals surface area contributed by atoms with E-state index < -0.39 is 30.0 Å². The molecule has 0 spiro atoms. The molecule has 1 rings (SSSR count). The van der Waals surface area contributed by atoms with Crippen LogP contribution in [0.3, 0.4) is 0 Å². The molecule has 14 heavy (non-hydrogen) atoms. The van der Waals surface area contributed by atoms with E-state index in [0.29, 0.717) is 0 Å². The van der Waals surface area contributed by atoms with Crippen LogP contribution in [0.5, 0.6) is 5.75 Å². The number of phenolic OH excluding ortho intramolecular Hbond substituents is 1. The van der Waals surface area contributed by atoms with Crippen molar-refractivity contribution in [1.29, 1.82) is 0 Å². The number of aromatic hydroxyl groups is 1. The summed E-state index contributed by atoms with van der Waals surface area (Å²) >= 11 is 0. The van der Waals surface area contributed by atoms with Gasteiger partial charge in [-0.15, -0.1) is 0 Å². The lowest BCUT2D eigenvalue weighted by Crippen LogP contribution is -2.32. The Bertz CT molecular complexity index is 425. The largest absolute Gasteiger partial charge is 0.505 e. The number of phenols is 1. The normalized spacial score (nSPS) is 15.6. The number of rotatable bonds is 3. The lowest BCUT2D eigenvalue weighted by atomic mass is 10.1. The van der Waals surface area contributed by atoms with Gasteiger partial charge in [-0.2, -0.15) is 0 Å². The predicted octanol–water partition coefficient (Wildman–Crippen LogP) is 0.486. The van der Waals surface area contributed by atoms with Gasteiger partial charge in [-0.25, -0.2) is 4.39 Å². The van der Waals surface area contributed by atoms with Gasteiger partial charge >= 0.3 is 5.97 Å². The van der Waals surface area contributed by atoms with Crippen molar-refractivity contribution in [3.63, 3.8) is 0 Å². The van der Waals surface area contributed by atoms with Gasteiger partial charge in [-0.05, 0) is 24.1 Å². The molecule has 1 atom stereocenters. The molecule has 0 aliphatic rings. The molecule has 0 fully saturated rings. The summed E-state index contributed by atoms with van der Waals surface area (Å²) in [6.45, 7) is 0. The van der Waals surface area contributed by atoms with Crippen molar-refractivity contribution in [2.45, 2.75) is 12.4 Å². The molecule has 0 heterocycles. The second-order valence-corrected chi connectivity index (χ2v) is 2.63. The smallest absolute Gasteiger partial charge is 0.320 e. The van der Waals surface area contributed by atoms with Gasteiger partial charge in [0.1, 0.15) is 6.04 Å². The summed E-state index contributed by atoms with van der Waals surface area (Å²) in [7, 11) is 0. The summed E-state index contributed by atoms with van der Waals surface area (Å²) in [5.74, 6) is -3.19. The summed E-state index contributed by atoms with van der Waals surface area (Å²) < 4.78 is 27.9. The molecule has 1 aromatic rings. The van der Waals surface area contributed by atoms with E-state index in [9.17, 15) is 9.18 Å². The van der Waals surface area contributed by atoms with Crippen LogP contribution in [0.25, 0.3) is 0 Å². The Morgan fingerprint density at radius 2 is 2.36 bits per heavy atom. The summed E-state index contributed by atoms with van der Waals surface area (Å²) in [5.41, 5.74) is 4.92. The topological polar surface area (TPSA) is 83.5 Å². The van der Waals surface area contributed by atoms with Crippen LogP contribution < -0.4 is 5.73 Å². The van der Waals surface area contributed by atoms with Crippen molar-refractivity contribution in [3.8, 4) is 5.75 Å². The molecule has 0 aliphatic carbocycles. The van der Waals surface area contributed by atoms with Crippen molar-refractivity contribution in [1.82, 2.24) is 0 Å². The van der Waals surface area contributed by atoms with Crippen LogP contribution in [-0.4, -0.2) is 22.2 Å². The van der Waals surface area contributed by atoms with E-state index in [0.717, 1.165) is 18.2 Å². The van der Waals surface area contributed by atoms with Crippen molar-refractivity contribution in [2.24, 2.45) is 5.73 Å². The molecule has 0 aliphatic heterocycles. The van der Waals surface area contributed by atoms with Gasteiger partial charge in [0.05, 0.1) is 0 Å². The third-order valence-corrected chi connectivity index (χ3v) is 1.54. The quantitative estimate of drug-likeness (QED) is 0.664. The maximum Gasteiger partial charge on any atom is 0.320 e. The molecule has 0 saturated heterocycles. The highest BCUT2D eigenvalue weighted by atomic mass is 19.1. The molecule has 0 amide bonds. The monoisotopic (exact) mass is 201 g/mol. The molecule has 0 unspecified atom stereocenters. The number of hydrogen-bond donors (Lipinski definition) is 3. The fourth-order valence-electron chi connectivity index (χ4n) is 0.838. The number of carboxylic acids is 1. The number of carbonyl (C=O) groups is 1. The fourth-order valence-corrected chi connectivity index (χ4v) is 0.838. The Hall–Kier alpha value is -1.62. The summed E-state index contributed by atoms with van der Waals surface area (Å²) in [6.07, 6.45) is -2.42. The number of benzene rings is 1. The van der Waals surface area contributed by atoms with Crippen LogP contribution in [0.4, 0.5) is 4.39 Å². The molecule has 5 heteroatoms. The van der Waals surface area contributed by atoms with Gasteiger partial charge in [0.25, 0.3) is 0 Å². The minimum absolute atomic E-state index is 0.238. The molecule has 0 bridgehead atoms. The van der Waals surface area contributed by atoms with Crippen LogP contribution in [0.15, 0.2) is 18.2 Å². The minimum atomic E-state index is -2.42. The highest BCUT2D eigenvalue weighted by Crippen LogP contribution is 2.16. The first-order valence-electron chi connectivity index (χ1n) is 4.74.